The average Bonchev–Trinajstić information content (AvgIpc) is 2.96. The van der Waals surface area contributed by atoms with Gasteiger partial charge in [0.1, 0.15) is 4.88 Å². The maximum absolute atomic E-state index is 12.4. The molecule has 0 aromatic carbocycles. The van der Waals surface area contributed by atoms with Gasteiger partial charge in [-0.25, -0.2) is 9.97 Å². The monoisotopic (exact) mass is 307 g/mol. The van der Waals surface area contributed by atoms with Gasteiger partial charge in [0, 0.05) is 18.3 Å². The van der Waals surface area contributed by atoms with E-state index >= 15 is 0 Å². The molecule has 1 N–H and O–H groups in total. The second kappa shape index (κ2) is 5.87. The number of hydrogen-bond acceptors (Lipinski definition) is 5. The predicted molar refractivity (Wildman–Crippen MR) is 70.8 cm³/mol. The Hall–Kier alpha value is -1.15. The third-order valence-corrected chi connectivity index (χ3v) is 4.39. The van der Waals surface area contributed by atoms with Crippen LogP contribution in [0.25, 0.3) is 0 Å². The molecule has 0 bridgehead atoms. The molecular formula is C11H12F3N3S2. The molecule has 104 valence electrons. The molecule has 0 saturated heterocycles. The lowest BCUT2D eigenvalue weighted by Gasteiger charge is -2.01. The Morgan fingerprint density at radius 2 is 2.16 bits per heavy atom. The van der Waals surface area contributed by atoms with E-state index in [4.69, 9.17) is 0 Å². The zero-order valence-corrected chi connectivity index (χ0v) is 11.8. The number of hydrogen-bond donors (Lipinski definition) is 1. The Labute approximate surface area is 116 Å². The normalized spacial score (nSPS) is 11.8. The minimum absolute atomic E-state index is 0.290. The van der Waals surface area contributed by atoms with E-state index in [1.54, 1.807) is 11.3 Å². The largest absolute Gasteiger partial charge is 0.427 e. The Morgan fingerprint density at radius 3 is 2.74 bits per heavy atom. The molecule has 0 fully saturated rings. The average molecular weight is 307 g/mol. The lowest BCUT2D eigenvalue weighted by atomic mass is 10.3. The third-order valence-electron chi connectivity index (χ3n) is 2.34. The molecule has 3 nitrogen and oxygen atoms in total. The van der Waals surface area contributed by atoms with Gasteiger partial charge in [0.05, 0.1) is 16.9 Å². The molecule has 8 heteroatoms. The Bertz CT molecular complexity index is 533. The third kappa shape index (κ3) is 3.90. The molecule has 19 heavy (non-hydrogen) atoms. The summed E-state index contributed by atoms with van der Waals surface area (Å²) in [6.07, 6.45) is -1.88. The second-order valence-corrected chi connectivity index (χ2v) is 5.76. The van der Waals surface area contributed by atoms with E-state index in [1.165, 1.54) is 0 Å². The molecule has 2 heterocycles. The number of aryl methyl sites for hydroxylation is 1. The van der Waals surface area contributed by atoms with Gasteiger partial charge in [-0.2, -0.15) is 13.2 Å². The first-order chi connectivity index (χ1) is 8.99. The molecule has 0 aliphatic rings. The summed E-state index contributed by atoms with van der Waals surface area (Å²) in [4.78, 5) is 7.41. The fraction of sp³-hybridized carbons (Fsp3) is 0.455. The van der Waals surface area contributed by atoms with Gasteiger partial charge >= 0.3 is 6.18 Å². The number of halogens is 3. The second-order valence-electron chi connectivity index (χ2n) is 3.79. The molecule has 0 radical (unpaired) electrons. The van der Waals surface area contributed by atoms with Crippen molar-refractivity contribution >= 4 is 27.8 Å². The van der Waals surface area contributed by atoms with Crippen molar-refractivity contribution in [3.63, 3.8) is 0 Å². The van der Waals surface area contributed by atoms with Crippen LogP contribution in [0.1, 0.15) is 22.5 Å². The van der Waals surface area contributed by atoms with E-state index in [-0.39, 0.29) is 0 Å². The molecule has 0 unspecified atom stereocenters. The van der Waals surface area contributed by atoms with Gasteiger partial charge in [-0.15, -0.1) is 11.3 Å². The molecule has 0 aliphatic heterocycles. The molecular weight excluding hydrogens is 295 g/mol. The van der Waals surface area contributed by atoms with Gasteiger partial charge in [0.15, 0.2) is 5.13 Å². The van der Waals surface area contributed by atoms with E-state index in [2.05, 4.69) is 15.3 Å². The summed E-state index contributed by atoms with van der Waals surface area (Å²) in [6.45, 7) is 2.56. The highest BCUT2D eigenvalue weighted by Crippen LogP contribution is 2.34. The highest BCUT2D eigenvalue weighted by molar-refractivity contribution is 7.15. The maximum atomic E-state index is 12.4. The van der Waals surface area contributed by atoms with Crippen molar-refractivity contribution in [2.24, 2.45) is 0 Å². The van der Waals surface area contributed by atoms with Gasteiger partial charge < -0.3 is 5.32 Å². The minimum atomic E-state index is -4.32. The predicted octanol–water partition coefficient (Wildman–Crippen LogP) is 3.84. The summed E-state index contributed by atoms with van der Waals surface area (Å²) >= 11 is 2.22. The van der Waals surface area contributed by atoms with Crippen LogP contribution in [0.4, 0.5) is 18.3 Å². The first-order valence-corrected chi connectivity index (χ1v) is 7.39. The van der Waals surface area contributed by atoms with E-state index in [0.717, 1.165) is 23.3 Å². The number of rotatable bonds is 5. The Balaban J connectivity index is 1.84. The summed E-state index contributed by atoms with van der Waals surface area (Å²) in [5, 5.41) is 6.22. The van der Waals surface area contributed by atoms with E-state index in [9.17, 15) is 13.2 Å². The molecule has 0 aliphatic carbocycles. The van der Waals surface area contributed by atoms with Gasteiger partial charge in [-0.3, -0.25) is 0 Å². The van der Waals surface area contributed by atoms with Crippen molar-refractivity contribution in [3.8, 4) is 0 Å². The van der Waals surface area contributed by atoms with Crippen LogP contribution in [0, 0.1) is 0 Å². The standard InChI is InChI=1S/C11H12F3N3S2/c1-2-9-17-7(6-18-9)3-4-15-10-16-5-8(19-10)11(12,13)14/h5-6H,2-4H2,1H3,(H,15,16). The van der Waals surface area contributed by atoms with Crippen LogP contribution in [0.15, 0.2) is 11.6 Å². The van der Waals surface area contributed by atoms with Crippen molar-refractivity contribution in [1.29, 1.82) is 0 Å². The number of thiazole rings is 2. The summed E-state index contributed by atoms with van der Waals surface area (Å²) in [5.41, 5.74) is 0.960. The van der Waals surface area contributed by atoms with Gasteiger partial charge in [-0.1, -0.05) is 18.3 Å². The molecule has 0 amide bonds. The van der Waals surface area contributed by atoms with Crippen LogP contribution in [-0.4, -0.2) is 16.5 Å². The summed E-state index contributed by atoms with van der Waals surface area (Å²) in [7, 11) is 0. The number of alkyl halides is 3. The van der Waals surface area contributed by atoms with E-state index in [1.807, 2.05) is 12.3 Å². The number of anilines is 1. The lowest BCUT2D eigenvalue weighted by molar-refractivity contribution is -0.134. The van der Waals surface area contributed by atoms with Gasteiger partial charge in [0.2, 0.25) is 0 Å². The van der Waals surface area contributed by atoms with Crippen molar-refractivity contribution in [3.05, 3.63) is 27.2 Å². The van der Waals surface area contributed by atoms with Crippen molar-refractivity contribution in [2.75, 3.05) is 11.9 Å². The van der Waals surface area contributed by atoms with Gasteiger partial charge in [-0.05, 0) is 6.42 Å². The molecule has 2 aromatic heterocycles. The first kappa shape index (κ1) is 14.3. The van der Waals surface area contributed by atoms with Crippen LogP contribution < -0.4 is 5.32 Å². The lowest BCUT2D eigenvalue weighted by Crippen LogP contribution is -2.04. The van der Waals surface area contributed by atoms with Crippen LogP contribution in [0.5, 0.6) is 0 Å². The fourth-order valence-corrected chi connectivity index (χ4v) is 2.90. The van der Waals surface area contributed by atoms with Crippen LogP contribution in [0.3, 0.4) is 0 Å². The van der Waals surface area contributed by atoms with Crippen molar-refractivity contribution in [1.82, 2.24) is 9.97 Å². The SMILES string of the molecule is CCc1nc(CCNc2ncc(C(F)(F)F)s2)cs1. The van der Waals surface area contributed by atoms with Crippen LogP contribution in [-0.2, 0) is 19.0 Å². The fourth-order valence-electron chi connectivity index (χ4n) is 1.41. The van der Waals surface area contributed by atoms with E-state index < -0.39 is 11.1 Å². The highest BCUT2D eigenvalue weighted by Gasteiger charge is 2.33. The zero-order chi connectivity index (χ0) is 13.9. The van der Waals surface area contributed by atoms with Crippen molar-refractivity contribution in [2.45, 2.75) is 25.9 Å². The summed E-state index contributed by atoms with van der Waals surface area (Å²) < 4.78 is 37.1. The molecule has 2 aromatic rings. The molecule has 2 rings (SSSR count). The van der Waals surface area contributed by atoms with Gasteiger partial charge in [0.25, 0.3) is 0 Å². The quantitative estimate of drug-likeness (QED) is 0.912. The van der Waals surface area contributed by atoms with Crippen LogP contribution in [0.2, 0.25) is 0 Å². The Kier molecular flexibility index (Phi) is 4.41. The van der Waals surface area contributed by atoms with E-state index in [0.29, 0.717) is 29.4 Å². The summed E-state index contributed by atoms with van der Waals surface area (Å²) in [5.74, 6) is 0. The molecule has 0 spiro atoms. The molecule has 0 atom stereocenters. The molecule has 0 saturated carbocycles. The highest BCUT2D eigenvalue weighted by atomic mass is 32.1. The smallest absolute Gasteiger partial charge is 0.361 e. The van der Waals surface area contributed by atoms with Crippen LogP contribution >= 0.6 is 22.7 Å². The maximum Gasteiger partial charge on any atom is 0.427 e. The Morgan fingerprint density at radius 1 is 1.37 bits per heavy atom. The minimum Gasteiger partial charge on any atom is -0.361 e. The number of nitrogens with one attached hydrogen (secondary N) is 1. The topological polar surface area (TPSA) is 37.8 Å². The number of aromatic nitrogens is 2. The van der Waals surface area contributed by atoms with Crippen molar-refractivity contribution < 1.29 is 13.2 Å². The summed E-state index contributed by atoms with van der Waals surface area (Å²) in [6, 6.07) is 0. The number of nitrogens with zero attached hydrogens (tertiary/aromatic N) is 2. The first-order valence-electron chi connectivity index (χ1n) is 5.69. The zero-order valence-electron chi connectivity index (χ0n) is 10.1.